The van der Waals surface area contributed by atoms with Gasteiger partial charge in [-0.05, 0) is 24.1 Å². The molecule has 0 spiro atoms. The molecule has 0 radical (unpaired) electrons. The van der Waals surface area contributed by atoms with Crippen molar-refractivity contribution in [2.45, 2.75) is 19.8 Å². The summed E-state index contributed by atoms with van der Waals surface area (Å²) in [6.07, 6.45) is 1.34. The van der Waals surface area contributed by atoms with Crippen molar-refractivity contribution < 1.29 is 9.59 Å². The second-order valence-electron chi connectivity index (χ2n) is 3.98. The van der Waals surface area contributed by atoms with Crippen molar-refractivity contribution in [2.75, 3.05) is 17.3 Å². The maximum atomic E-state index is 11.5. The van der Waals surface area contributed by atoms with Gasteiger partial charge in [-0.3, -0.25) is 9.59 Å². The smallest absolute Gasteiger partial charge is 0.227 e. The summed E-state index contributed by atoms with van der Waals surface area (Å²) in [4.78, 5) is 24.1. The number of benzene rings is 1. The van der Waals surface area contributed by atoms with E-state index < -0.39 is 0 Å². The van der Waals surface area contributed by atoms with Crippen molar-refractivity contribution in [1.82, 2.24) is 0 Å². The van der Waals surface area contributed by atoms with Gasteiger partial charge in [-0.25, -0.2) is 0 Å². The highest BCUT2D eigenvalue weighted by Crippen LogP contribution is 2.29. The first kappa shape index (κ1) is 10.7. The lowest BCUT2D eigenvalue weighted by Gasteiger charge is -2.26. The van der Waals surface area contributed by atoms with Crippen LogP contribution in [0, 0.1) is 0 Å². The minimum absolute atomic E-state index is 0.107. The predicted molar refractivity (Wildman–Crippen MR) is 62.5 cm³/mol. The second-order valence-corrected chi connectivity index (χ2v) is 3.98. The second kappa shape index (κ2) is 3.96. The number of rotatable bonds is 1. The first-order valence-corrected chi connectivity index (χ1v) is 5.25. The fourth-order valence-electron chi connectivity index (χ4n) is 1.91. The molecule has 1 aliphatic heterocycles. The average Bonchev–Trinajstić information content (AvgIpc) is 2.23. The van der Waals surface area contributed by atoms with Crippen LogP contribution < -0.4 is 10.2 Å². The molecule has 1 heterocycles. The first-order chi connectivity index (χ1) is 7.58. The predicted octanol–water partition coefficient (Wildman–Crippen LogP) is 1.55. The summed E-state index contributed by atoms with van der Waals surface area (Å²) in [7, 11) is 1.76. The molecule has 4 heteroatoms. The largest absolute Gasteiger partial charge is 0.326 e. The SMILES string of the molecule is CC(=O)Nc1ccc2c(c1)N(C)C(=O)CC2. The van der Waals surface area contributed by atoms with Gasteiger partial charge in [-0.1, -0.05) is 6.07 Å². The van der Waals surface area contributed by atoms with Crippen molar-refractivity contribution in [3.63, 3.8) is 0 Å². The van der Waals surface area contributed by atoms with Crippen LogP contribution in [0.2, 0.25) is 0 Å². The highest BCUT2D eigenvalue weighted by Gasteiger charge is 2.20. The summed E-state index contributed by atoms with van der Waals surface area (Å²) < 4.78 is 0. The monoisotopic (exact) mass is 218 g/mol. The van der Waals surface area contributed by atoms with Crippen LogP contribution in [0.25, 0.3) is 0 Å². The molecule has 1 N–H and O–H groups in total. The topological polar surface area (TPSA) is 49.4 Å². The number of carbonyl (C=O) groups excluding carboxylic acids is 2. The van der Waals surface area contributed by atoms with Gasteiger partial charge < -0.3 is 10.2 Å². The Morgan fingerprint density at radius 2 is 2.12 bits per heavy atom. The van der Waals surface area contributed by atoms with Gasteiger partial charge in [-0.2, -0.15) is 0 Å². The number of carbonyl (C=O) groups is 2. The van der Waals surface area contributed by atoms with E-state index in [0.717, 1.165) is 23.4 Å². The molecule has 0 bridgehead atoms. The molecule has 0 aromatic heterocycles. The Morgan fingerprint density at radius 3 is 2.81 bits per heavy atom. The Hall–Kier alpha value is -1.84. The third kappa shape index (κ3) is 1.91. The van der Waals surface area contributed by atoms with E-state index in [0.29, 0.717) is 6.42 Å². The Morgan fingerprint density at radius 1 is 1.38 bits per heavy atom. The van der Waals surface area contributed by atoms with Crippen molar-refractivity contribution in [2.24, 2.45) is 0 Å². The molecule has 0 aliphatic carbocycles. The van der Waals surface area contributed by atoms with Crippen LogP contribution in [0.5, 0.6) is 0 Å². The van der Waals surface area contributed by atoms with E-state index in [1.165, 1.54) is 6.92 Å². The van der Waals surface area contributed by atoms with Gasteiger partial charge in [0.05, 0.1) is 0 Å². The third-order valence-corrected chi connectivity index (χ3v) is 2.75. The summed E-state index contributed by atoms with van der Waals surface area (Å²) in [6, 6.07) is 5.67. The number of aryl methyl sites for hydroxylation is 1. The number of amides is 2. The molecule has 0 unspecified atom stereocenters. The van der Waals surface area contributed by atoms with Gasteiger partial charge in [0.25, 0.3) is 0 Å². The average molecular weight is 218 g/mol. The number of nitrogens with one attached hydrogen (secondary N) is 1. The standard InChI is InChI=1S/C12H14N2O2/c1-8(15)13-10-5-3-9-4-6-12(16)14(2)11(9)7-10/h3,5,7H,4,6H2,1-2H3,(H,13,15). The molecular weight excluding hydrogens is 204 g/mol. The Kier molecular flexibility index (Phi) is 2.64. The summed E-state index contributed by atoms with van der Waals surface area (Å²) in [6.45, 7) is 1.47. The van der Waals surface area contributed by atoms with Crippen LogP contribution in [0.3, 0.4) is 0 Å². The minimum Gasteiger partial charge on any atom is -0.326 e. The number of hydrogen-bond donors (Lipinski definition) is 1. The lowest BCUT2D eigenvalue weighted by Crippen LogP contribution is -2.31. The zero-order valence-corrected chi connectivity index (χ0v) is 9.41. The van der Waals surface area contributed by atoms with Gasteiger partial charge in [0, 0.05) is 31.8 Å². The van der Waals surface area contributed by atoms with Crippen molar-refractivity contribution in [3.8, 4) is 0 Å². The van der Waals surface area contributed by atoms with Crippen LogP contribution >= 0.6 is 0 Å². The van der Waals surface area contributed by atoms with E-state index in [2.05, 4.69) is 5.32 Å². The van der Waals surface area contributed by atoms with Crippen LogP contribution in [0.1, 0.15) is 18.9 Å². The number of anilines is 2. The molecule has 0 saturated heterocycles. The summed E-state index contributed by atoms with van der Waals surface area (Å²) in [5, 5.41) is 2.71. The van der Waals surface area contributed by atoms with E-state index >= 15 is 0 Å². The molecule has 2 amide bonds. The van der Waals surface area contributed by atoms with Crippen molar-refractivity contribution >= 4 is 23.2 Å². The highest BCUT2D eigenvalue weighted by molar-refractivity contribution is 5.97. The lowest BCUT2D eigenvalue weighted by molar-refractivity contribution is -0.118. The van der Waals surface area contributed by atoms with E-state index in [9.17, 15) is 9.59 Å². The highest BCUT2D eigenvalue weighted by atomic mass is 16.2. The van der Waals surface area contributed by atoms with Crippen LogP contribution in [-0.4, -0.2) is 18.9 Å². The zero-order valence-electron chi connectivity index (χ0n) is 9.41. The van der Waals surface area contributed by atoms with Crippen LogP contribution in [0.4, 0.5) is 11.4 Å². The fraction of sp³-hybridized carbons (Fsp3) is 0.333. The molecule has 84 valence electrons. The lowest BCUT2D eigenvalue weighted by atomic mass is 10.0. The zero-order chi connectivity index (χ0) is 11.7. The van der Waals surface area contributed by atoms with Gasteiger partial charge in [-0.15, -0.1) is 0 Å². The van der Waals surface area contributed by atoms with Crippen LogP contribution in [0.15, 0.2) is 18.2 Å². The van der Waals surface area contributed by atoms with E-state index in [1.807, 2.05) is 18.2 Å². The van der Waals surface area contributed by atoms with E-state index in [1.54, 1.807) is 11.9 Å². The maximum Gasteiger partial charge on any atom is 0.227 e. The van der Waals surface area contributed by atoms with Crippen molar-refractivity contribution in [3.05, 3.63) is 23.8 Å². The van der Waals surface area contributed by atoms with Gasteiger partial charge in [0.2, 0.25) is 11.8 Å². The third-order valence-electron chi connectivity index (χ3n) is 2.75. The molecule has 0 fully saturated rings. The molecule has 16 heavy (non-hydrogen) atoms. The summed E-state index contributed by atoms with van der Waals surface area (Å²) >= 11 is 0. The van der Waals surface area contributed by atoms with E-state index in [4.69, 9.17) is 0 Å². The molecule has 1 aliphatic rings. The van der Waals surface area contributed by atoms with E-state index in [-0.39, 0.29) is 11.8 Å². The summed E-state index contributed by atoms with van der Waals surface area (Å²) in [5.41, 5.74) is 2.77. The van der Waals surface area contributed by atoms with Crippen LogP contribution in [-0.2, 0) is 16.0 Å². The minimum atomic E-state index is -0.107. The molecular formula is C12H14N2O2. The Labute approximate surface area is 94.2 Å². The molecule has 4 nitrogen and oxygen atoms in total. The molecule has 0 atom stereocenters. The van der Waals surface area contributed by atoms with Gasteiger partial charge in [0.15, 0.2) is 0 Å². The normalized spacial score (nSPS) is 14.6. The number of fused-ring (bicyclic) bond motifs is 1. The van der Waals surface area contributed by atoms with Gasteiger partial charge >= 0.3 is 0 Å². The quantitative estimate of drug-likeness (QED) is 0.777. The Bertz CT molecular complexity index is 454. The number of nitrogens with zero attached hydrogens (tertiary/aromatic N) is 1. The Balaban J connectivity index is 2.36. The fourth-order valence-corrected chi connectivity index (χ4v) is 1.91. The first-order valence-electron chi connectivity index (χ1n) is 5.25. The molecule has 1 aromatic carbocycles. The number of hydrogen-bond acceptors (Lipinski definition) is 2. The molecule has 0 saturated carbocycles. The summed E-state index contributed by atoms with van der Waals surface area (Å²) in [5.74, 6) is 0.0113. The maximum absolute atomic E-state index is 11.5. The molecule has 1 aromatic rings. The van der Waals surface area contributed by atoms with Crippen molar-refractivity contribution in [1.29, 1.82) is 0 Å². The van der Waals surface area contributed by atoms with Gasteiger partial charge in [0.1, 0.15) is 0 Å². The molecule has 2 rings (SSSR count).